The minimum Gasteiger partial charge on any atom is -0.290 e. The number of tetrazole rings is 1. The number of aromatic nitrogens is 7. The van der Waals surface area contributed by atoms with E-state index < -0.39 is 0 Å². The lowest BCUT2D eigenvalue weighted by atomic mass is 10.00. The molecule has 0 atom stereocenters. The maximum atomic E-state index is 13.5. The number of imidazole rings is 1. The molecule has 3 aromatic heterocycles. The monoisotopic (exact) mass is 499 g/mol. The molecule has 5 rings (SSSR count). The summed E-state index contributed by atoms with van der Waals surface area (Å²) in [5.74, 6) is 0.558. The lowest BCUT2D eigenvalue weighted by molar-refractivity contribution is 0.653. The Kier molecular flexibility index (Phi) is 7.04. The molecule has 3 heterocycles. The van der Waals surface area contributed by atoms with Crippen LogP contribution in [-0.4, -0.2) is 34.7 Å². The number of rotatable bonds is 9. The van der Waals surface area contributed by atoms with Gasteiger partial charge in [-0.15, -0.1) is 5.10 Å². The summed E-state index contributed by atoms with van der Waals surface area (Å²) in [6, 6.07) is 19.6. The Morgan fingerprint density at radius 1 is 0.972 bits per heavy atom. The lowest BCUT2D eigenvalue weighted by Gasteiger charge is -2.10. The van der Waals surface area contributed by atoms with Crippen molar-refractivity contribution in [2.24, 2.45) is 0 Å². The van der Waals surface area contributed by atoms with Crippen molar-refractivity contribution in [1.82, 2.24) is 34.7 Å². The van der Waals surface area contributed by atoms with Crippen molar-refractivity contribution >= 4 is 11.6 Å². The van der Waals surface area contributed by atoms with Crippen LogP contribution in [-0.2, 0) is 13.0 Å². The quantitative estimate of drug-likeness (QED) is 0.277. The molecule has 8 nitrogen and oxygen atoms in total. The molecule has 36 heavy (non-hydrogen) atoms. The molecule has 9 heteroatoms. The number of halogens is 1. The average molecular weight is 500 g/mol. The summed E-state index contributed by atoms with van der Waals surface area (Å²) in [6.45, 7) is 2.61. The first kappa shape index (κ1) is 23.7. The van der Waals surface area contributed by atoms with Gasteiger partial charge in [0.25, 0.3) is 0 Å². The van der Waals surface area contributed by atoms with Crippen molar-refractivity contribution in [2.45, 2.75) is 39.2 Å². The van der Waals surface area contributed by atoms with Gasteiger partial charge in [-0.1, -0.05) is 73.8 Å². The van der Waals surface area contributed by atoms with Crippen molar-refractivity contribution in [1.29, 1.82) is 0 Å². The molecule has 0 fully saturated rings. The Labute approximate surface area is 213 Å². The van der Waals surface area contributed by atoms with Gasteiger partial charge in [-0.05, 0) is 58.2 Å². The van der Waals surface area contributed by atoms with Crippen LogP contribution in [0, 0.1) is 0 Å². The number of aromatic amines is 1. The molecule has 2 aromatic carbocycles. The van der Waals surface area contributed by atoms with Crippen LogP contribution in [0.2, 0.25) is 5.15 Å². The Bertz CT molecular complexity index is 1490. The number of unbranched alkanes of at least 4 members (excludes halogenated alkanes) is 2. The highest BCUT2D eigenvalue weighted by Crippen LogP contribution is 2.29. The standard InChI is InChI=1S/C27H26ClN7O/c1-2-3-5-10-24-25(28)35(21-8-6-4-7-9-21)27(36)34(24)18-19-11-13-20(14-12-19)22-15-16-29-17-23(22)26-30-32-33-31-26/h4,6-9,11-17H,2-3,5,10,18H2,1H3,(H,30,31,32,33). The van der Waals surface area contributed by atoms with Crippen LogP contribution in [0.5, 0.6) is 0 Å². The second-order valence-corrected chi connectivity index (χ2v) is 8.96. The largest absolute Gasteiger partial charge is 0.334 e. The molecule has 5 aromatic rings. The molecule has 0 saturated heterocycles. The normalized spacial score (nSPS) is 11.2. The zero-order valence-corrected chi connectivity index (χ0v) is 20.7. The summed E-state index contributed by atoms with van der Waals surface area (Å²) in [7, 11) is 0. The molecular formula is C27H26ClN7O. The molecule has 0 amide bonds. The molecule has 0 aliphatic rings. The summed E-state index contributed by atoms with van der Waals surface area (Å²) < 4.78 is 3.41. The van der Waals surface area contributed by atoms with Crippen LogP contribution in [0.25, 0.3) is 28.2 Å². The second-order valence-electron chi connectivity index (χ2n) is 8.60. The van der Waals surface area contributed by atoms with Crippen molar-refractivity contribution in [3.63, 3.8) is 0 Å². The van der Waals surface area contributed by atoms with Gasteiger partial charge in [0, 0.05) is 18.0 Å². The van der Waals surface area contributed by atoms with Crippen LogP contribution in [0.15, 0.2) is 77.9 Å². The zero-order chi connectivity index (χ0) is 24.9. The molecule has 0 saturated carbocycles. The number of pyridine rings is 1. The number of para-hydroxylation sites is 1. The van der Waals surface area contributed by atoms with E-state index in [4.69, 9.17) is 11.6 Å². The average Bonchev–Trinajstić information content (AvgIpc) is 3.53. The van der Waals surface area contributed by atoms with Gasteiger partial charge < -0.3 is 0 Å². The Morgan fingerprint density at radius 2 is 1.78 bits per heavy atom. The number of benzene rings is 2. The van der Waals surface area contributed by atoms with E-state index in [-0.39, 0.29) is 5.69 Å². The van der Waals surface area contributed by atoms with E-state index in [1.807, 2.05) is 60.7 Å². The Balaban J connectivity index is 1.48. The van der Waals surface area contributed by atoms with Crippen molar-refractivity contribution in [2.75, 3.05) is 0 Å². The third-order valence-corrected chi connectivity index (χ3v) is 6.63. The molecule has 0 spiro atoms. The highest BCUT2D eigenvalue weighted by molar-refractivity contribution is 6.30. The zero-order valence-electron chi connectivity index (χ0n) is 19.9. The molecule has 1 N–H and O–H groups in total. The number of H-pyrrole nitrogens is 1. The van der Waals surface area contributed by atoms with Crippen LogP contribution in [0.4, 0.5) is 0 Å². The highest BCUT2D eigenvalue weighted by Gasteiger charge is 2.20. The SMILES string of the molecule is CCCCCc1c(Cl)n(-c2ccccc2)c(=O)n1Cc1ccc(-c2ccncc2-c2nnn[nH]2)cc1. The molecule has 0 bridgehead atoms. The van der Waals surface area contributed by atoms with Crippen LogP contribution < -0.4 is 5.69 Å². The maximum absolute atomic E-state index is 13.5. The first-order chi connectivity index (χ1) is 17.7. The molecule has 182 valence electrons. The maximum Gasteiger partial charge on any atom is 0.334 e. The molecular weight excluding hydrogens is 474 g/mol. The van der Waals surface area contributed by atoms with Crippen molar-refractivity contribution in [3.8, 4) is 28.2 Å². The summed E-state index contributed by atoms with van der Waals surface area (Å²) in [5, 5.41) is 14.7. The molecule has 0 unspecified atom stereocenters. The fourth-order valence-corrected chi connectivity index (χ4v) is 4.75. The number of hydrogen-bond acceptors (Lipinski definition) is 5. The summed E-state index contributed by atoms with van der Waals surface area (Å²) >= 11 is 6.80. The van der Waals surface area contributed by atoms with Gasteiger partial charge >= 0.3 is 5.69 Å². The Morgan fingerprint density at radius 3 is 2.50 bits per heavy atom. The third-order valence-electron chi connectivity index (χ3n) is 6.24. The van der Waals surface area contributed by atoms with Crippen molar-refractivity contribution < 1.29 is 0 Å². The van der Waals surface area contributed by atoms with Gasteiger partial charge in [0.1, 0.15) is 5.15 Å². The third kappa shape index (κ3) is 4.72. The van der Waals surface area contributed by atoms with Crippen molar-refractivity contribution in [3.05, 3.63) is 100.0 Å². The van der Waals surface area contributed by atoms with E-state index in [2.05, 4.69) is 32.5 Å². The van der Waals surface area contributed by atoms with E-state index in [1.54, 1.807) is 21.5 Å². The number of hydrogen-bond donors (Lipinski definition) is 1. The van der Waals surface area contributed by atoms with Crippen LogP contribution in [0.1, 0.15) is 37.4 Å². The summed E-state index contributed by atoms with van der Waals surface area (Å²) in [5.41, 5.74) is 5.31. The van der Waals surface area contributed by atoms with E-state index in [9.17, 15) is 4.79 Å². The van der Waals surface area contributed by atoms with Gasteiger partial charge in [0.05, 0.1) is 17.9 Å². The second kappa shape index (κ2) is 10.7. The van der Waals surface area contributed by atoms with Gasteiger partial charge in [-0.3, -0.25) is 14.1 Å². The smallest absolute Gasteiger partial charge is 0.290 e. The number of nitrogens with zero attached hydrogens (tertiary/aromatic N) is 6. The number of nitrogens with one attached hydrogen (secondary N) is 1. The predicted molar refractivity (Wildman–Crippen MR) is 140 cm³/mol. The first-order valence-corrected chi connectivity index (χ1v) is 12.4. The van der Waals surface area contributed by atoms with Gasteiger partial charge in [-0.25, -0.2) is 9.89 Å². The van der Waals surface area contributed by atoms with Crippen LogP contribution >= 0.6 is 11.6 Å². The summed E-state index contributed by atoms with van der Waals surface area (Å²) in [4.78, 5) is 17.7. The Hall–Kier alpha value is -4.04. The lowest BCUT2D eigenvalue weighted by Crippen LogP contribution is -2.24. The fraction of sp³-hybridized carbons (Fsp3) is 0.222. The van der Waals surface area contributed by atoms with Gasteiger partial charge in [-0.2, -0.15) is 0 Å². The van der Waals surface area contributed by atoms with Crippen LogP contribution in [0.3, 0.4) is 0 Å². The fourth-order valence-electron chi connectivity index (χ4n) is 4.39. The van der Waals surface area contributed by atoms with E-state index in [0.717, 1.165) is 59.3 Å². The topological polar surface area (TPSA) is 94.3 Å². The summed E-state index contributed by atoms with van der Waals surface area (Å²) in [6.07, 6.45) is 7.41. The van der Waals surface area contributed by atoms with Gasteiger partial charge in [0.15, 0.2) is 5.82 Å². The van der Waals surface area contributed by atoms with E-state index in [1.165, 1.54) is 0 Å². The predicted octanol–water partition coefficient (Wildman–Crippen LogP) is 5.32. The molecule has 0 radical (unpaired) electrons. The highest BCUT2D eigenvalue weighted by atomic mass is 35.5. The van der Waals surface area contributed by atoms with E-state index >= 15 is 0 Å². The molecule has 0 aliphatic heterocycles. The van der Waals surface area contributed by atoms with E-state index in [0.29, 0.717) is 17.5 Å². The minimum absolute atomic E-state index is 0.129. The van der Waals surface area contributed by atoms with Gasteiger partial charge in [0.2, 0.25) is 0 Å². The molecule has 0 aliphatic carbocycles. The minimum atomic E-state index is -0.129. The first-order valence-electron chi connectivity index (χ1n) is 12.0.